The van der Waals surface area contributed by atoms with Crippen molar-refractivity contribution in [3.63, 3.8) is 0 Å². The molecule has 0 atom stereocenters. The average Bonchev–Trinajstić information content (AvgIpc) is 3.41. The predicted molar refractivity (Wildman–Crippen MR) is 144 cm³/mol. The summed E-state index contributed by atoms with van der Waals surface area (Å²) in [5, 5.41) is 5.15. The fraction of sp³-hybridized carbons (Fsp3) is 0.538. The smallest absolute Gasteiger partial charge is 0.352 e. The van der Waals surface area contributed by atoms with Gasteiger partial charge in [-0.1, -0.05) is 12.8 Å². The van der Waals surface area contributed by atoms with E-state index in [4.69, 9.17) is 0 Å². The minimum Gasteiger partial charge on any atom is -0.352 e. The van der Waals surface area contributed by atoms with Gasteiger partial charge in [0.15, 0.2) is 5.82 Å². The topological polar surface area (TPSA) is 93.7 Å². The van der Waals surface area contributed by atoms with Gasteiger partial charge >= 0.3 is 12.1 Å². The van der Waals surface area contributed by atoms with Crippen LogP contribution in [0.25, 0.3) is 0 Å². The molecule has 1 aromatic carbocycles. The fourth-order valence-corrected chi connectivity index (χ4v) is 4.95. The number of rotatable bonds is 8. The molecule has 14 heteroatoms. The van der Waals surface area contributed by atoms with E-state index in [1.165, 1.54) is 18.0 Å². The molecular formula is C26H36F5N7O2. The minimum atomic E-state index is -4.82. The number of hydrogen-bond donors (Lipinski definition) is 2. The van der Waals surface area contributed by atoms with Crippen molar-refractivity contribution in [3.8, 4) is 0 Å². The van der Waals surface area contributed by atoms with Gasteiger partial charge in [-0.25, -0.2) is 4.98 Å². The third kappa shape index (κ3) is 6.43. The first kappa shape index (κ1) is 29.4. The summed E-state index contributed by atoms with van der Waals surface area (Å²) < 4.78 is 71.6. The second-order valence-electron chi connectivity index (χ2n) is 10.3. The number of hydrogen-bond acceptors (Lipinski definition) is 7. The van der Waals surface area contributed by atoms with Crippen molar-refractivity contribution in [2.75, 3.05) is 55.9 Å². The van der Waals surface area contributed by atoms with Crippen LogP contribution < -0.4 is 20.4 Å². The van der Waals surface area contributed by atoms with Gasteiger partial charge < -0.3 is 25.3 Å². The van der Waals surface area contributed by atoms with Crippen LogP contribution in [0, 0.1) is 0 Å². The van der Waals surface area contributed by atoms with Crippen molar-refractivity contribution in [1.82, 2.24) is 20.2 Å². The average molecular weight is 574 g/mol. The molecule has 0 unspecified atom stereocenters. The van der Waals surface area contributed by atoms with Crippen LogP contribution >= 0.6 is 0 Å². The van der Waals surface area contributed by atoms with E-state index in [2.05, 4.69) is 20.6 Å². The molecule has 2 N–H and O–H groups in total. The molecule has 9 nitrogen and oxygen atoms in total. The van der Waals surface area contributed by atoms with E-state index < -0.39 is 41.7 Å². The summed E-state index contributed by atoms with van der Waals surface area (Å²) in [6, 6.07) is 2.80. The lowest BCUT2D eigenvalue weighted by molar-refractivity contribution is -0.140. The van der Waals surface area contributed by atoms with Crippen molar-refractivity contribution < 1.29 is 34.4 Å². The highest BCUT2D eigenvalue weighted by molar-refractivity contribution is 6.02. The SMILES string of the molecule is CN(C)CCCNC(=O)c1ccc(Nc2ncc3c(n2)N(C2CCCC2)CC(F)(F)C(=O)N3C)c(C(F)(F)F)c1.[HH].[HH]. The van der Waals surface area contributed by atoms with Gasteiger partial charge in [-0.15, -0.1) is 0 Å². The molecule has 0 bridgehead atoms. The van der Waals surface area contributed by atoms with E-state index in [1.807, 2.05) is 19.0 Å². The van der Waals surface area contributed by atoms with Gasteiger partial charge in [0.1, 0.15) is 5.69 Å². The highest BCUT2D eigenvalue weighted by atomic mass is 19.4. The van der Waals surface area contributed by atoms with E-state index in [9.17, 15) is 31.5 Å². The third-order valence-electron chi connectivity index (χ3n) is 7.04. The van der Waals surface area contributed by atoms with Crippen molar-refractivity contribution in [3.05, 3.63) is 35.5 Å². The second-order valence-corrected chi connectivity index (χ2v) is 10.3. The van der Waals surface area contributed by atoms with E-state index in [0.717, 1.165) is 36.1 Å². The second kappa shape index (κ2) is 11.5. The van der Waals surface area contributed by atoms with Crippen LogP contribution in [0.15, 0.2) is 24.4 Å². The molecule has 1 aliphatic heterocycles. The Hall–Kier alpha value is -3.55. The Balaban J connectivity index is 0.00000308. The maximum Gasteiger partial charge on any atom is 0.418 e. The molecule has 1 saturated carbocycles. The van der Waals surface area contributed by atoms with Crippen molar-refractivity contribution in [1.29, 1.82) is 0 Å². The number of aromatic nitrogens is 2. The summed E-state index contributed by atoms with van der Waals surface area (Å²) in [6.45, 7) is 0.114. The number of carbonyl (C=O) groups excluding carboxylic acids is 2. The molecule has 2 aliphatic rings. The Morgan fingerprint density at radius 1 is 1.23 bits per heavy atom. The maximum atomic E-state index is 14.8. The summed E-state index contributed by atoms with van der Waals surface area (Å²) in [4.78, 5) is 37.3. The van der Waals surface area contributed by atoms with Gasteiger partial charge in [0.25, 0.3) is 11.8 Å². The zero-order valence-electron chi connectivity index (χ0n) is 22.5. The quantitative estimate of drug-likeness (QED) is 0.347. The summed E-state index contributed by atoms with van der Waals surface area (Å²) in [6.07, 6.45) is -0.146. The van der Waals surface area contributed by atoms with E-state index >= 15 is 0 Å². The van der Waals surface area contributed by atoms with Crippen LogP contribution in [-0.4, -0.2) is 79.4 Å². The van der Waals surface area contributed by atoms with Gasteiger partial charge in [-0.05, 0) is 58.1 Å². The number of amides is 2. The van der Waals surface area contributed by atoms with Gasteiger partial charge in [-0.2, -0.15) is 26.9 Å². The normalized spacial score (nSPS) is 17.7. The molecule has 1 aliphatic carbocycles. The minimum absolute atomic E-state index is 0. The van der Waals surface area contributed by atoms with Crippen LogP contribution in [0.3, 0.4) is 0 Å². The molecule has 0 saturated heterocycles. The number of fused-ring (bicyclic) bond motifs is 1. The molecule has 40 heavy (non-hydrogen) atoms. The number of nitrogens with zero attached hydrogens (tertiary/aromatic N) is 5. The third-order valence-corrected chi connectivity index (χ3v) is 7.04. The van der Waals surface area contributed by atoms with E-state index in [0.29, 0.717) is 32.4 Å². The molecule has 2 amide bonds. The van der Waals surface area contributed by atoms with Crippen LogP contribution in [-0.2, 0) is 11.0 Å². The monoisotopic (exact) mass is 573 g/mol. The first-order chi connectivity index (χ1) is 18.8. The Morgan fingerprint density at radius 3 is 2.58 bits per heavy atom. The fourth-order valence-electron chi connectivity index (χ4n) is 4.95. The van der Waals surface area contributed by atoms with Gasteiger partial charge in [0.2, 0.25) is 5.95 Å². The summed E-state index contributed by atoms with van der Waals surface area (Å²) in [7, 11) is 4.93. The highest BCUT2D eigenvalue weighted by Gasteiger charge is 2.49. The predicted octanol–water partition coefficient (Wildman–Crippen LogP) is 4.77. The van der Waals surface area contributed by atoms with Gasteiger partial charge in [-0.3, -0.25) is 9.59 Å². The molecule has 2 heterocycles. The molecule has 2 aromatic rings. The van der Waals surface area contributed by atoms with Crippen molar-refractivity contribution in [2.45, 2.75) is 50.2 Å². The van der Waals surface area contributed by atoms with Gasteiger partial charge in [0.05, 0.1) is 24.0 Å². The first-order valence-electron chi connectivity index (χ1n) is 13.0. The van der Waals surface area contributed by atoms with Crippen molar-refractivity contribution >= 4 is 35.0 Å². The lowest BCUT2D eigenvalue weighted by Gasteiger charge is -2.31. The Morgan fingerprint density at radius 2 is 1.93 bits per heavy atom. The first-order valence-corrected chi connectivity index (χ1v) is 13.0. The zero-order chi connectivity index (χ0) is 29.2. The molecule has 1 aromatic heterocycles. The largest absolute Gasteiger partial charge is 0.418 e. The molecule has 0 spiro atoms. The van der Waals surface area contributed by atoms with Crippen molar-refractivity contribution in [2.24, 2.45) is 0 Å². The highest BCUT2D eigenvalue weighted by Crippen LogP contribution is 2.41. The number of nitrogens with one attached hydrogen (secondary N) is 2. The van der Waals surface area contributed by atoms with Crippen LogP contribution in [0.4, 0.5) is 45.1 Å². The van der Waals surface area contributed by atoms with Crippen LogP contribution in [0.5, 0.6) is 0 Å². The molecular weight excluding hydrogens is 537 g/mol. The van der Waals surface area contributed by atoms with Crippen LogP contribution in [0.2, 0.25) is 0 Å². The Labute approximate surface area is 231 Å². The van der Waals surface area contributed by atoms with Gasteiger partial charge in [0, 0.05) is 28.1 Å². The zero-order valence-corrected chi connectivity index (χ0v) is 22.5. The summed E-state index contributed by atoms with van der Waals surface area (Å²) >= 11 is 0. The number of benzene rings is 1. The number of halogens is 5. The number of carbonyl (C=O) groups is 2. The summed E-state index contributed by atoms with van der Waals surface area (Å²) in [5.41, 5.74) is -1.65. The number of alkyl halides is 5. The standard InChI is InChI=1S/C26H32F5N7O2.2H2/c1-36(2)12-6-11-32-22(39)16-9-10-19(18(13-16)26(29,30)31)34-24-33-14-20-21(35-24)38(17-7-4-5-8-17)15-25(27,28)23(40)37(20)3;;/h9-10,13-14,17H,4-8,11-12,15H2,1-3H3,(H,32,39)(H,33,34,35);2*1H. The summed E-state index contributed by atoms with van der Waals surface area (Å²) in [5.74, 6) is -5.96. The van der Waals surface area contributed by atoms with E-state index in [1.54, 1.807) is 0 Å². The van der Waals surface area contributed by atoms with E-state index in [-0.39, 0.29) is 31.9 Å². The van der Waals surface area contributed by atoms with Crippen LogP contribution in [0.1, 0.15) is 50.9 Å². The molecule has 4 rings (SSSR count). The maximum absolute atomic E-state index is 14.8. The Bertz CT molecular complexity index is 1260. The number of anilines is 4. The lowest BCUT2D eigenvalue weighted by atomic mass is 10.1. The Kier molecular flexibility index (Phi) is 8.47. The molecule has 0 radical (unpaired) electrons. The molecule has 222 valence electrons. The molecule has 1 fully saturated rings. The lowest BCUT2D eigenvalue weighted by Crippen LogP contribution is -2.48.